The van der Waals surface area contributed by atoms with Gasteiger partial charge in [-0.3, -0.25) is 0 Å². The molecule has 1 aliphatic heterocycles. The minimum absolute atomic E-state index is 0.651. The molecule has 0 saturated carbocycles. The molecule has 0 saturated heterocycles. The molecule has 2 aromatic carbocycles. The van der Waals surface area contributed by atoms with Gasteiger partial charge in [0.1, 0.15) is 5.82 Å². The minimum Gasteiger partial charge on any atom is -0.352 e. The number of hydrogen-bond acceptors (Lipinski definition) is 4. The van der Waals surface area contributed by atoms with Gasteiger partial charge in [0, 0.05) is 36.3 Å². The topological polar surface area (TPSA) is 46.3 Å². The maximum absolute atomic E-state index is 5.99. The van der Waals surface area contributed by atoms with E-state index in [2.05, 4.69) is 45.2 Å². The second kappa shape index (κ2) is 6.91. The maximum Gasteiger partial charge on any atom is 0.254 e. The largest absolute Gasteiger partial charge is 0.352 e. The Hall–Kier alpha value is -2.92. The summed E-state index contributed by atoms with van der Waals surface area (Å²) in [6.45, 7) is 3.85. The molecule has 0 aliphatic carbocycles. The standard InChI is InChI=1S/C22H20ClN5/c1-15-12-21(27-11-10-17-4-2-3-5-18(17)14-27)28-22(24-15)25-20(26-28)13-16-6-8-19(23)9-7-16/h2-9,12H,10-11,13-14H2,1H3. The molecule has 0 fully saturated rings. The Balaban J connectivity index is 1.51. The Labute approximate surface area is 168 Å². The van der Waals surface area contributed by atoms with E-state index in [1.807, 2.05) is 35.7 Å². The summed E-state index contributed by atoms with van der Waals surface area (Å²) in [6, 6.07) is 18.6. The Morgan fingerprint density at radius 1 is 1.00 bits per heavy atom. The Kier molecular flexibility index (Phi) is 4.24. The number of benzene rings is 2. The van der Waals surface area contributed by atoms with Gasteiger partial charge in [0.05, 0.1) is 0 Å². The number of hydrogen-bond donors (Lipinski definition) is 0. The van der Waals surface area contributed by atoms with Crippen molar-refractivity contribution in [2.24, 2.45) is 0 Å². The van der Waals surface area contributed by atoms with E-state index in [4.69, 9.17) is 16.7 Å². The Morgan fingerprint density at radius 3 is 2.61 bits per heavy atom. The molecule has 0 bridgehead atoms. The first-order valence-electron chi connectivity index (χ1n) is 9.45. The van der Waals surface area contributed by atoms with Crippen LogP contribution in [0.3, 0.4) is 0 Å². The highest BCUT2D eigenvalue weighted by molar-refractivity contribution is 6.30. The maximum atomic E-state index is 5.99. The van der Waals surface area contributed by atoms with Crippen LogP contribution in [-0.2, 0) is 19.4 Å². The first-order valence-corrected chi connectivity index (χ1v) is 9.83. The van der Waals surface area contributed by atoms with Gasteiger partial charge in [-0.05, 0) is 42.2 Å². The van der Waals surface area contributed by atoms with Crippen LogP contribution in [0.2, 0.25) is 5.02 Å². The van der Waals surface area contributed by atoms with Gasteiger partial charge in [0.25, 0.3) is 5.78 Å². The number of aryl methyl sites for hydroxylation is 1. The lowest BCUT2D eigenvalue weighted by Crippen LogP contribution is -2.32. The van der Waals surface area contributed by atoms with Crippen LogP contribution in [0.5, 0.6) is 0 Å². The zero-order chi connectivity index (χ0) is 19.1. The van der Waals surface area contributed by atoms with Crippen molar-refractivity contribution < 1.29 is 0 Å². The zero-order valence-corrected chi connectivity index (χ0v) is 16.4. The van der Waals surface area contributed by atoms with Crippen LogP contribution in [0.1, 0.15) is 28.2 Å². The molecule has 0 radical (unpaired) electrons. The highest BCUT2D eigenvalue weighted by atomic mass is 35.5. The molecule has 0 N–H and O–H groups in total. The smallest absolute Gasteiger partial charge is 0.254 e. The summed E-state index contributed by atoms with van der Waals surface area (Å²) in [6.07, 6.45) is 1.69. The fourth-order valence-electron chi connectivity index (χ4n) is 3.79. The molecule has 140 valence electrons. The van der Waals surface area contributed by atoms with Gasteiger partial charge in [-0.2, -0.15) is 9.50 Å². The van der Waals surface area contributed by atoms with Crippen LogP contribution in [0, 0.1) is 6.92 Å². The quantitative estimate of drug-likeness (QED) is 0.525. The number of aromatic nitrogens is 4. The Morgan fingerprint density at radius 2 is 1.79 bits per heavy atom. The molecular weight excluding hydrogens is 370 g/mol. The summed E-state index contributed by atoms with van der Waals surface area (Å²) < 4.78 is 1.88. The molecule has 0 unspecified atom stereocenters. The molecule has 1 aliphatic rings. The number of rotatable bonds is 3. The minimum atomic E-state index is 0.651. The van der Waals surface area contributed by atoms with E-state index >= 15 is 0 Å². The van der Waals surface area contributed by atoms with Crippen LogP contribution in [0.4, 0.5) is 5.82 Å². The predicted molar refractivity (Wildman–Crippen MR) is 111 cm³/mol. The molecule has 28 heavy (non-hydrogen) atoms. The monoisotopic (exact) mass is 389 g/mol. The molecule has 6 heteroatoms. The molecule has 2 aromatic heterocycles. The van der Waals surface area contributed by atoms with E-state index < -0.39 is 0 Å². The van der Waals surface area contributed by atoms with Gasteiger partial charge >= 0.3 is 0 Å². The van der Waals surface area contributed by atoms with Crippen molar-refractivity contribution in [2.45, 2.75) is 26.3 Å². The summed E-state index contributed by atoms with van der Waals surface area (Å²) in [4.78, 5) is 11.6. The summed E-state index contributed by atoms with van der Waals surface area (Å²) >= 11 is 5.99. The van der Waals surface area contributed by atoms with Crippen molar-refractivity contribution >= 4 is 23.2 Å². The number of halogens is 1. The van der Waals surface area contributed by atoms with Crippen LogP contribution in [0.25, 0.3) is 5.78 Å². The molecule has 4 aromatic rings. The third-order valence-corrected chi connectivity index (χ3v) is 5.45. The van der Waals surface area contributed by atoms with Crippen molar-refractivity contribution in [3.8, 4) is 0 Å². The fraction of sp³-hybridized carbons (Fsp3) is 0.227. The van der Waals surface area contributed by atoms with Gasteiger partial charge in [-0.15, -0.1) is 5.10 Å². The number of anilines is 1. The molecule has 5 rings (SSSR count). The van der Waals surface area contributed by atoms with Crippen LogP contribution >= 0.6 is 11.6 Å². The van der Waals surface area contributed by atoms with Crippen molar-refractivity contribution in [3.63, 3.8) is 0 Å². The van der Waals surface area contributed by atoms with Crippen molar-refractivity contribution in [1.82, 2.24) is 19.6 Å². The van der Waals surface area contributed by atoms with Crippen LogP contribution in [0.15, 0.2) is 54.6 Å². The molecule has 0 spiro atoms. The van der Waals surface area contributed by atoms with Crippen molar-refractivity contribution in [3.05, 3.63) is 87.8 Å². The second-order valence-corrected chi connectivity index (χ2v) is 7.68. The van der Waals surface area contributed by atoms with Crippen molar-refractivity contribution in [1.29, 1.82) is 0 Å². The van der Waals surface area contributed by atoms with E-state index in [0.717, 1.165) is 47.4 Å². The van der Waals surface area contributed by atoms with Gasteiger partial charge in [-0.25, -0.2) is 4.98 Å². The summed E-state index contributed by atoms with van der Waals surface area (Å²) in [5, 5.41) is 5.50. The molecule has 3 heterocycles. The summed E-state index contributed by atoms with van der Waals surface area (Å²) in [7, 11) is 0. The third kappa shape index (κ3) is 3.22. The van der Waals surface area contributed by atoms with Gasteiger partial charge in [0.15, 0.2) is 5.82 Å². The second-order valence-electron chi connectivity index (χ2n) is 7.24. The SMILES string of the molecule is Cc1cc(N2CCc3ccccc3C2)n2nc(Cc3ccc(Cl)cc3)nc2n1. The zero-order valence-electron chi connectivity index (χ0n) is 15.6. The highest BCUT2D eigenvalue weighted by Gasteiger charge is 2.20. The normalized spacial score (nSPS) is 13.7. The fourth-order valence-corrected chi connectivity index (χ4v) is 3.91. The Bertz CT molecular complexity index is 1150. The lowest BCUT2D eigenvalue weighted by molar-refractivity contribution is 0.699. The van der Waals surface area contributed by atoms with E-state index in [1.165, 1.54) is 11.1 Å². The first-order chi connectivity index (χ1) is 13.7. The summed E-state index contributed by atoms with van der Waals surface area (Å²) in [5.74, 6) is 2.46. The average molecular weight is 390 g/mol. The molecule has 0 amide bonds. The number of fused-ring (bicyclic) bond motifs is 2. The third-order valence-electron chi connectivity index (χ3n) is 5.20. The lowest BCUT2D eigenvalue weighted by atomic mass is 10.00. The van der Waals surface area contributed by atoms with Crippen LogP contribution < -0.4 is 4.90 Å². The molecule has 5 nitrogen and oxygen atoms in total. The van der Waals surface area contributed by atoms with Gasteiger partial charge < -0.3 is 4.90 Å². The van der Waals surface area contributed by atoms with Crippen molar-refractivity contribution in [2.75, 3.05) is 11.4 Å². The van der Waals surface area contributed by atoms with E-state index in [0.29, 0.717) is 12.2 Å². The molecular formula is C22H20ClN5. The summed E-state index contributed by atoms with van der Waals surface area (Å²) in [5.41, 5.74) is 4.89. The van der Waals surface area contributed by atoms with Crippen LogP contribution in [-0.4, -0.2) is 26.1 Å². The lowest BCUT2D eigenvalue weighted by Gasteiger charge is -2.30. The van der Waals surface area contributed by atoms with Gasteiger partial charge in [0.2, 0.25) is 0 Å². The average Bonchev–Trinajstić information content (AvgIpc) is 3.11. The molecule has 0 atom stereocenters. The van der Waals surface area contributed by atoms with E-state index in [1.54, 1.807) is 0 Å². The highest BCUT2D eigenvalue weighted by Crippen LogP contribution is 2.25. The van der Waals surface area contributed by atoms with Gasteiger partial charge in [-0.1, -0.05) is 48.0 Å². The van der Waals surface area contributed by atoms with E-state index in [-0.39, 0.29) is 0 Å². The number of nitrogens with zero attached hydrogens (tertiary/aromatic N) is 5. The predicted octanol–water partition coefficient (Wildman–Crippen LogP) is 4.24. The van der Waals surface area contributed by atoms with E-state index in [9.17, 15) is 0 Å². The first kappa shape index (κ1) is 17.2.